The first-order valence-corrected chi connectivity index (χ1v) is 24.6. The number of nitrogens with one attached hydrogen (secondary N) is 6. The summed E-state index contributed by atoms with van der Waals surface area (Å²) in [6, 6.07) is 0.918. The van der Waals surface area contributed by atoms with Crippen LogP contribution >= 0.6 is 12.6 Å². The van der Waals surface area contributed by atoms with Crippen molar-refractivity contribution in [3.05, 3.63) is 35.9 Å². The SMILES string of the molecule is N[C@@H](CCC(=O)[C@H](Cc1ccccc1)NC(=O)CCOCCOCCOCCOCCOCCOCCNC(=O)CC[C@H](NC(=O)N[C@@H](CCC(=O)O)OC=O)C(=O)O)C(=O)N[C@@H](CC(=O)O)C(=O)N[C@@H](CS)C(=O)O. The summed E-state index contributed by atoms with van der Waals surface area (Å²) in [5.41, 5.74) is 6.73. The van der Waals surface area contributed by atoms with E-state index in [9.17, 15) is 68.1 Å². The van der Waals surface area contributed by atoms with Gasteiger partial charge >= 0.3 is 29.9 Å². The first-order valence-electron chi connectivity index (χ1n) is 24.0. The molecule has 6 atom stereocenters. The third-order valence-electron chi connectivity index (χ3n) is 10.2. The predicted molar refractivity (Wildman–Crippen MR) is 265 cm³/mol. The molecular formula is C46H71N7O22S. The van der Waals surface area contributed by atoms with Gasteiger partial charge in [-0.25, -0.2) is 14.4 Å². The lowest BCUT2D eigenvalue weighted by atomic mass is 9.97. The highest BCUT2D eigenvalue weighted by Gasteiger charge is 2.30. The van der Waals surface area contributed by atoms with E-state index in [1.165, 1.54) is 0 Å². The molecule has 0 aliphatic heterocycles. The zero-order valence-corrected chi connectivity index (χ0v) is 42.7. The van der Waals surface area contributed by atoms with Gasteiger partial charge < -0.3 is 91.2 Å². The number of carbonyl (C=O) groups excluding carboxylic acids is 7. The van der Waals surface area contributed by atoms with Gasteiger partial charge in [-0.15, -0.1) is 0 Å². The van der Waals surface area contributed by atoms with Crippen molar-refractivity contribution in [2.24, 2.45) is 5.73 Å². The molecule has 76 heavy (non-hydrogen) atoms. The molecule has 0 saturated carbocycles. The molecule has 12 N–H and O–H groups in total. The number of hydrogen-bond donors (Lipinski definition) is 12. The van der Waals surface area contributed by atoms with Crippen molar-refractivity contribution in [2.45, 2.75) is 94.2 Å². The number of carboxylic acids is 4. The predicted octanol–water partition coefficient (Wildman–Crippen LogP) is -2.65. The summed E-state index contributed by atoms with van der Waals surface area (Å²) in [4.78, 5) is 131. The number of urea groups is 1. The highest BCUT2D eigenvalue weighted by molar-refractivity contribution is 7.80. The molecule has 0 saturated heterocycles. The molecule has 1 aromatic carbocycles. The number of nitrogens with two attached hydrogens (primary N) is 1. The van der Waals surface area contributed by atoms with Crippen molar-refractivity contribution in [1.29, 1.82) is 0 Å². The fourth-order valence-corrected chi connectivity index (χ4v) is 6.42. The van der Waals surface area contributed by atoms with Crippen LogP contribution in [0.4, 0.5) is 4.79 Å². The number of ketones is 1. The average molecular weight is 1110 g/mol. The molecule has 30 heteroatoms. The number of thiol groups is 1. The monoisotopic (exact) mass is 1110 g/mol. The van der Waals surface area contributed by atoms with Crippen LogP contribution in [0.2, 0.25) is 0 Å². The largest absolute Gasteiger partial charge is 0.481 e. The highest BCUT2D eigenvalue weighted by atomic mass is 32.1. The number of hydrogen-bond acceptors (Lipinski definition) is 20. The lowest BCUT2D eigenvalue weighted by Crippen LogP contribution is -2.55. The van der Waals surface area contributed by atoms with E-state index in [1.807, 2.05) is 0 Å². The quantitative estimate of drug-likeness (QED) is 0.0137. The van der Waals surface area contributed by atoms with Gasteiger partial charge in [0.15, 0.2) is 12.0 Å². The van der Waals surface area contributed by atoms with E-state index in [1.54, 1.807) is 30.3 Å². The summed E-state index contributed by atoms with van der Waals surface area (Å²) in [5.74, 6) is -9.21. The van der Waals surface area contributed by atoms with Gasteiger partial charge in [0, 0.05) is 38.0 Å². The van der Waals surface area contributed by atoms with E-state index in [0.717, 1.165) is 5.56 Å². The molecule has 428 valence electrons. The molecule has 0 aliphatic carbocycles. The van der Waals surface area contributed by atoms with Crippen LogP contribution in [0.25, 0.3) is 0 Å². The zero-order valence-electron chi connectivity index (χ0n) is 41.9. The van der Waals surface area contributed by atoms with Crippen molar-refractivity contribution in [3.8, 4) is 0 Å². The van der Waals surface area contributed by atoms with Crippen molar-refractivity contribution < 1.29 is 106 Å². The van der Waals surface area contributed by atoms with Gasteiger partial charge in [0.2, 0.25) is 23.6 Å². The highest BCUT2D eigenvalue weighted by Crippen LogP contribution is 2.10. The average Bonchev–Trinajstić information content (AvgIpc) is 3.37. The van der Waals surface area contributed by atoms with Crippen molar-refractivity contribution in [1.82, 2.24) is 31.9 Å². The molecule has 0 aromatic heterocycles. The fraction of sp³-hybridized carbons (Fsp3) is 0.630. The topological polar surface area (TPSA) is 431 Å². The van der Waals surface area contributed by atoms with Gasteiger partial charge in [-0.2, -0.15) is 12.6 Å². The van der Waals surface area contributed by atoms with Crippen LogP contribution in [0.1, 0.15) is 56.9 Å². The van der Waals surface area contributed by atoms with E-state index >= 15 is 0 Å². The van der Waals surface area contributed by atoms with Crippen LogP contribution in [-0.2, 0) is 87.5 Å². The summed E-state index contributed by atoms with van der Waals surface area (Å²) in [5, 5.41) is 50.4. The lowest BCUT2D eigenvalue weighted by Gasteiger charge is -2.22. The molecule has 1 rings (SSSR count). The zero-order chi connectivity index (χ0) is 56.5. The minimum Gasteiger partial charge on any atom is -0.481 e. The minimum atomic E-state index is -1.66. The van der Waals surface area contributed by atoms with Gasteiger partial charge in [-0.3, -0.25) is 38.4 Å². The molecule has 0 heterocycles. The number of rotatable bonds is 47. The molecule has 0 radical (unpaired) electrons. The Morgan fingerprint density at radius 2 is 1.08 bits per heavy atom. The van der Waals surface area contributed by atoms with Gasteiger partial charge in [-0.1, -0.05) is 30.3 Å². The maximum Gasteiger partial charge on any atom is 0.327 e. The summed E-state index contributed by atoms with van der Waals surface area (Å²) in [7, 11) is 0. The minimum absolute atomic E-state index is 0.0101. The number of Topliss-reactive ketones (excluding diaryl/α,β-unsaturated/α-hetero) is 1. The Labute approximate surface area is 443 Å². The maximum absolute atomic E-state index is 13.3. The van der Waals surface area contributed by atoms with Crippen LogP contribution in [-0.4, -0.2) is 214 Å². The Hall–Kier alpha value is -6.54. The first kappa shape index (κ1) is 67.5. The maximum atomic E-state index is 13.3. The molecule has 0 fully saturated rings. The second kappa shape index (κ2) is 41.7. The molecule has 0 spiro atoms. The van der Waals surface area contributed by atoms with E-state index in [2.05, 4.69) is 49.3 Å². The summed E-state index contributed by atoms with van der Waals surface area (Å²) in [6.07, 6.45) is -3.77. The van der Waals surface area contributed by atoms with Crippen LogP contribution in [0.3, 0.4) is 0 Å². The first-order chi connectivity index (χ1) is 36.4. The number of carboxylic acid groups (broad SMARTS) is 4. The Balaban J connectivity index is 2.20. The molecule has 0 bridgehead atoms. The molecule has 6 amide bonds. The fourth-order valence-electron chi connectivity index (χ4n) is 6.18. The number of amides is 6. The Morgan fingerprint density at radius 3 is 1.59 bits per heavy atom. The smallest absolute Gasteiger partial charge is 0.327 e. The standard InChI is InChI=1S/C46H71N7O22S/c47-31(42(62)50-34(27-41(60)61)43(63)51-35(28-76)45(66)67)6-8-36(55)33(26-30-4-2-1-3-5-30)49-38(57)12-14-69-16-18-71-20-22-73-24-25-74-23-21-72-19-17-70-15-13-48-37(56)9-7-32(44(64)65)52-46(68)53-39(75-29-54)10-11-40(58)59/h1-5,29,31-35,39,76H,6-28,47H2,(H,48,56)(H,49,57)(H,50,62)(H,51,63)(H,58,59)(H,60,61)(H,64,65)(H,66,67)(H2,52,53,68)/t31-,32-,33-,34-,35-,39+/m0/s1. The molecule has 0 aliphatic rings. The summed E-state index contributed by atoms with van der Waals surface area (Å²) >= 11 is 3.84. The molecule has 0 unspecified atom stereocenters. The van der Waals surface area contributed by atoms with Crippen LogP contribution in [0.15, 0.2) is 30.3 Å². The van der Waals surface area contributed by atoms with E-state index in [4.69, 9.17) is 39.3 Å². The molecule has 1 aromatic rings. The normalized spacial score (nSPS) is 13.3. The van der Waals surface area contributed by atoms with E-state index < -0.39 is 109 Å². The van der Waals surface area contributed by atoms with Gasteiger partial charge in [-0.05, 0) is 24.8 Å². The third-order valence-corrected chi connectivity index (χ3v) is 10.5. The number of aliphatic carboxylic acids is 4. The van der Waals surface area contributed by atoms with Gasteiger partial charge in [0.05, 0.1) is 104 Å². The lowest BCUT2D eigenvalue weighted by molar-refractivity contribution is -0.143. The Bertz CT molecular complexity index is 1960. The Kier molecular flexibility index (Phi) is 37.0. The number of carbonyl (C=O) groups is 11. The van der Waals surface area contributed by atoms with Gasteiger partial charge in [0.25, 0.3) is 6.47 Å². The number of benzene rings is 1. The third kappa shape index (κ3) is 34.1. The van der Waals surface area contributed by atoms with E-state index in [0.29, 0.717) is 33.0 Å². The molecular weight excluding hydrogens is 1030 g/mol. The summed E-state index contributed by atoms with van der Waals surface area (Å²) < 4.78 is 37.3. The second-order valence-corrected chi connectivity index (χ2v) is 16.5. The van der Waals surface area contributed by atoms with Crippen LogP contribution in [0.5, 0.6) is 0 Å². The Morgan fingerprint density at radius 1 is 0.539 bits per heavy atom. The molecule has 29 nitrogen and oxygen atoms in total. The van der Waals surface area contributed by atoms with Crippen molar-refractivity contribution >= 4 is 78.4 Å². The van der Waals surface area contributed by atoms with Gasteiger partial charge in [0.1, 0.15) is 18.1 Å². The van der Waals surface area contributed by atoms with E-state index in [-0.39, 0.29) is 110 Å². The second-order valence-electron chi connectivity index (χ2n) is 16.1. The van der Waals surface area contributed by atoms with Crippen molar-refractivity contribution in [3.63, 3.8) is 0 Å². The summed E-state index contributed by atoms with van der Waals surface area (Å²) in [6.45, 7) is 3.00. The van der Waals surface area contributed by atoms with Crippen LogP contribution < -0.4 is 37.6 Å². The number of ether oxygens (including phenoxy) is 7. The van der Waals surface area contributed by atoms with Crippen LogP contribution in [0, 0.1) is 0 Å². The van der Waals surface area contributed by atoms with Crippen molar-refractivity contribution in [2.75, 3.05) is 91.6 Å².